The van der Waals surface area contributed by atoms with Crippen LogP contribution in [0.5, 0.6) is 0 Å². The minimum absolute atomic E-state index is 0.504. The van der Waals surface area contributed by atoms with Gasteiger partial charge < -0.3 is 9.84 Å². The van der Waals surface area contributed by atoms with Crippen LogP contribution in [-0.4, -0.2) is 21.2 Å². The summed E-state index contributed by atoms with van der Waals surface area (Å²) >= 11 is 0. The van der Waals surface area contributed by atoms with E-state index in [0.29, 0.717) is 17.9 Å². The van der Waals surface area contributed by atoms with Crippen molar-refractivity contribution >= 4 is 16.9 Å². The maximum atomic E-state index is 5.19. The molecule has 5 nitrogen and oxygen atoms in total. The number of fused-ring (bicyclic) bond motifs is 1. The summed E-state index contributed by atoms with van der Waals surface area (Å²) in [5.41, 5.74) is 1.90. The van der Waals surface area contributed by atoms with Gasteiger partial charge >= 0.3 is 6.01 Å². The summed E-state index contributed by atoms with van der Waals surface area (Å²) < 4.78 is 5.19. The first-order valence-electron chi connectivity index (χ1n) is 6.34. The first-order valence-corrected chi connectivity index (χ1v) is 6.34. The number of pyridine rings is 1. The molecule has 94 valence electrons. The number of nitrogens with one attached hydrogen (secondary N) is 1. The fourth-order valence-corrected chi connectivity index (χ4v) is 2.02. The highest BCUT2D eigenvalue weighted by molar-refractivity contribution is 5.83. The van der Waals surface area contributed by atoms with Crippen LogP contribution in [0, 0.1) is 0 Å². The molecule has 3 aromatic rings. The van der Waals surface area contributed by atoms with Crippen molar-refractivity contribution in [1.82, 2.24) is 15.1 Å². The Hall–Kier alpha value is -2.43. The van der Waals surface area contributed by atoms with Gasteiger partial charge in [0.25, 0.3) is 0 Å². The van der Waals surface area contributed by atoms with E-state index in [1.54, 1.807) is 6.20 Å². The first-order chi connectivity index (χ1) is 9.38. The number of hydrogen-bond acceptors (Lipinski definition) is 5. The number of benzene rings is 1. The second kappa shape index (κ2) is 4.05. The molecule has 0 aliphatic heterocycles. The first kappa shape index (κ1) is 10.5. The molecule has 2 aromatic heterocycles. The van der Waals surface area contributed by atoms with E-state index >= 15 is 0 Å². The van der Waals surface area contributed by atoms with Gasteiger partial charge in [-0.15, -0.1) is 0 Å². The topological polar surface area (TPSA) is 63.8 Å². The fraction of sp³-hybridized carbons (Fsp3) is 0.214. The minimum atomic E-state index is 0.504. The molecular weight excluding hydrogens is 240 g/mol. The van der Waals surface area contributed by atoms with E-state index in [-0.39, 0.29) is 0 Å². The molecule has 4 rings (SSSR count). The van der Waals surface area contributed by atoms with Crippen LogP contribution in [0.15, 0.2) is 41.1 Å². The third kappa shape index (κ3) is 2.03. The van der Waals surface area contributed by atoms with Gasteiger partial charge in [0.1, 0.15) is 0 Å². The van der Waals surface area contributed by atoms with Gasteiger partial charge in [-0.25, -0.2) is 0 Å². The maximum absolute atomic E-state index is 5.19. The molecule has 1 aliphatic rings. The zero-order valence-corrected chi connectivity index (χ0v) is 10.2. The summed E-state index contributed by atoms with van der Waals surface area (Å²) in [5, 5.41) is 8.27. The van der Waals surface area contributed by atoms with Crippen molar-refractivity contribution < 1.29 is 4.52 Å². The lowest BCUT2D eigenvalue weighted by atomic mass is 10.1. The van der Waals surface area contributed by atoms with Gasteiger partial charge in [-0.3, -0.25) is 4.98 Å². The SMILES string of the molecule is c1cnc2ccc(-c3noc(NC4CC4)n3)cc2c1. The summed E-state index contributed by atoms with van der Waals surface area (Å²) in [6.07, 6.45) is 4.15. The van der Waals surface area contributed by atoms with Crippen molar-refractivity contribution in [3.63, 3.8) is 0 Å². The Bertz CT molecular complexity index is 733. The Labute approximate surface area is 109 Å². The molecule has 1 aliphatic carbocycles. The van der Waals surface area contributed by atoms with E-state index in [0.717, 1.165) is 16.5 Å². The summed E-state index contributed by atoms with van der Waals surface area (Å²) in [6.45, 7) is 0. The second-order valence-electron chi connectivity index (χ2n) is 4.75. The molecule has 0 spiro atoms. The van der Waals surface area contributed by atoms with Gasteiger partial charge in [-0.1, -0.05) is 11.2 Å². The number of nitrogens with zero attached hydrogens (tertiary/aromatic N) is 3. The monoisotopic (exact) mass is 252 g/mol. The Morgan fingerprint density at radius 2 is 2.16 bits per heavy atom. The van der Waals surface area contributed by atoms with Gasteiger partial charge in [-0.05, 0) is 37.1 Å². The Morgan fingerprint density at radius 1 is 1.21 bits per heavy atom. The third-order valence-corrected chi connectivity index (χ3v) is 3.19. The molecule has 2 heterocycles. The highest BCUT2D eigenvalue weighted by Gasteiger charge is 2.23. The molecule has 19 heavy (non-hydrogen) atoms. The molecule has 0 atom stereocenters. The molecule has 1 N–H and O–H groups in total. The molecule has 0 radical (unpaired) electrons. The van der Waals surface area contributed by atoms with Crippen molar-refractivity contribution in [3.8, 4) is 11.4 Å². The zero-order valence-electron chi connectivity index (χ0n) is 10.2. The van der Waals surface area contributed by atoms with Crippen LogP contribution < -0.4 is 5.32 Å². The van der Waals surface area contributed by atoms with Crippen LogP contribution in [-0.2, 0) is 0 Å². The average molecular weight is 252 g/mol. The molecule has 0 bridgehead atoms. The fourth-order valence-electron chi connectivity index (χ4n) is 2.02. The van der Waals surface area contributed by atoms with E-state index in [4.69, 9.17) is 4.52 Å². The van der Waals surface area contributed by atoms with E-state index < -0.39 is 0 Å². The summed E-state index contributed by atoms with van der Waals surface area (Å²) in [5.74, 6) is 0.605. The van der Waals surface area contributed by atoms with Gasteiger partial charge in [0, 0.05) is 23.2 Å². The molecule has 1 aromatic carbocycles. The van der Waals surface area contributed by atoms with Gasteiger partial charge in [0.2, 0.25) is 5.82 Å². The Balaban J connectivity index is 1.70. The Kier molecular flexibility index (Phi) is 2.24. The number of anilines is 1. The molecular formula is C14H12N4O. The van der Waals surface area contributed by atoms with E-state index in [9.17, 15) is 0 Å². The molecule has 0 saturated heterocycles. The molecule has 0 amide bonds. The van der Waals surface area contributed by atoms with Gasteiger partial charge in [0.15, 0.2) is 0 Å². The minimum Gasteiger partial charge on any atom is -0.335 e. The molecule has 1 saturated carbocycles. The largest absolute Gasteiger partial charge is 0.335 e. The van der Waals surface area contributed by atoms with E-state index in [1.807, 2.05) is 30.3 Å². The standard InChI is InChI=1S/C14H12N4O/c1-2-9-8-10(3-6-12(9)15-7-1)13-17-14(19-18-13)16-11-4-5-11/h1-3,6-8,11H,4-5H2,(H,16,17,18). The van der Waals surface area contributed by atoms with Gasteiger partial charge in [0.05, 0.1) is 5.52 Å². The molecule has 0 unspecified atom stereocenters. The van der Waals surface area contributed by atoms with Crippen LogP contribution in [0.25, 0.3) is 22.3 Å². The molecule has 5 heteroatoms. The number of hydrogen-bond donors (Lipinski definition) is 1. The summed E-state index contributed by atoms with van der Waals surface area (Å²) in [7, 11) is 0. The van der Waals surface area contributed by atoms with Crippen LogP contribution in [0.2, 0.25) is 0 Å². The summed E-state index contributed by atoms with van der Waals surface area (Å²) in [6, 6.07) is 10.9. The second-order valence-corrected chi connectivity index (χ2v) is 4.75. The van der Waals surface area contributed by atoms with Crippen molar-refractivity contribution in [2.24, 2.45) is 0 Å². The van der Waals surface area contributed by atoms with Crippen LogP contribution >= 0.6 is 0 Å². The smallest absolute Gasteiger partial charge is 0.322 e. The number of aromatic nitrogens is 3. The van der Waals surface area contributed by atoms with E-state index in [2.05, 4.69) is 20.4 Å². The quantitative estimate of drug-likeness (QED) is 0.776. The third-order valence-electron chi connectivity index (χ3n) is 3.19. The lowest BCUT2D eigenvalue weighted by Crippen LogP contribution is -2.00. The van der Waals surface area contributed by atoms with Crippen LogP contribution in [0.3, 0.4) is 0 Å². The highest BCUT2D eigenvalue weighted by atomic mass is 16.5. The predicted molar refractivity (Wildman–Crippen MR) is 71.7 cm³/mol. The summed E-state index contributed by atoms with van der Waals surface area (Å²) in [4.78, 5) is 8.65. The molecule has 1 fully saturated rings. The zero-order chi connectivity index (χ0) is 12.7. The number of rotatable bonds is 3. The normalized spacial score (nSPS) is 14.7. The lowest BCUT2D eigenvalue weighted by molar-refractivity contribution is 0.432. The van der Waals surface area contributed by atoms with Crippen molar-refractivity contribution in [2.75, 3.05) is 5.32 Å². The van der Waals surface area contributed by atoms with Crippen molar-refractivity contribution in [2.45, 2.75) is 18.9 Å². The average Bonchev–Trinajstić information content (AvgIpc) is 3.14. The van der Waals surface area contributed by atoms with E-state index in [1.165, 1.54) is 12.8 Å². The lowest BCUT2D eigenvalue weighted by Gasteiger charge is -1.98. The van der Waals surface area contributed by atoms with Crippen LogP contribution in [0.1, 0.15) is 12.8 Å². The Morgan fingerprint density at radius 3 is 3.05 bits per heavy atom. The van der Waals surface area contributed by atoms with Gasteiger partial charge in [-0.2, -0.15) is 4.98 Å². The van der Waals surface area contributed by atoms with Crippen molar-refractivity contribution in [1.29, 1.82) is 0 Å². The predicted octanol–water partition coefficient (Wildman–Crippen LogP) is 2.86. The highest BCUT2D eigenvalue weighted by Crippen LogP contribution is 2.26. The van der Waals surface area contributed by atoms with Crippen LogP contribution in [0.4, 0.5) is 6.01 Å². The van der Waals surface area contributed by atoms with Crippen molar-refractivity contribution in [3.05, 3.63) is 36.5 Å². The maximum Gasteiger partial charge on any atom is 0.322 e.